The highest BCUT2D eigenvalue weighted by atomic mass is 35.5. The molecule has 4 rings (SSSR count). The smallest absolute Gasteiger partial charge is 0.347 e. The van der Waals surface area contributed by atoms with Gasteiger partial charge in [0.2, 0.25) is 11.1 Å². The van der Waals surface area contributed by atoms with Crippen LogP contribution >= 0.6 is 20.1 Å². The highest BCUT2D eigenvalue weighted by Crippen LogP contribution is 2.44. The average Bonchev–Trinajstić information content (AvgIpc) is 3.34. The summed E-state index contributed by atoms with van der Waals surface area (Å²) < 4.78 is 41.5. The molecule has 31 heavy (non-hydrogen) atoms. The van der Waals surface area contributed by atoms with E-state index in [0.717, 1.165) is 0 Å². The van der Waals surface area contributed by atoms with Crippen LogP contribution in [0, 0.1) is 0 Å². The minimum absolute atomic E-state index is 0.0307. The number of hydrogen-bond donors (Lipinski definition) is 1. The summed E-state index contributed by atoms with van der Waals surface area (Å²) in [5.74, 6) is -2.73. The molecule has 5 atom stereocenters. The molecule has 2 N–H and O–H groups in total. The fourth-order valence-corrected chi connectivity index (χ4v) is 4.13. The molecule has 0 aromatic carbocycles. The topological polar surface area (TPSA) is 150 Å². The van der Waals surface area contributed by atoms with Gasteiger partial charge in [-0.05, 0) is 32.4 Å². The molecule has 168 valence electrons. The minimum atomic E-state index is -1.27. The Hall–Kier alpha value is -1.95. The van der Waals surface area contributed by atoms with Crippen molar-refractivity contribution in [3.8, 4) is 0 Å². The zero-order valence-electron chi connectivity index (χ0n) is 16.9. The number of halogens is 1. The second kappa shape index (κ2) is 8.53. The van der Waals surface area contributed by atoms with Crippen molar-refractivity contribution in [1.82, 2.24) is 19.5 Å². The molecule has 14 heteroatoms. The molecule has 12 nitrogen and oxygen atoms in total. The number of anilines is 1. The first-order valence-electron chi connectivity index (χ1n) is 9.51. The summed E-state index contributed by atoms with van der Waals surface area (Å²) in [6.07, 6.45) is -0.896. The molecule has 2 aromatic heterocycles. The molecule has 2 saturated heterocycles. The monoisotopic (exact) mass is 473 g/mol. The van der Waals surface area contributed by atoms with Crippen LogP contribution in [-0.4, -0.2) is 68.6 Å². The summed E-state index contributed by atoms with van der Waals surface area (Å²) in [6.45, 7) is 5.27. The van der Waals surface area contributed by atoms with Crippen LogP contribution in [0.3, 0.4) is 0 Å². The van der Waals surface area contributed by atoms with Crippen LogP contribution in [0.5, 0.6) is 0 Å². The fourth-order valence-electron chi connectivity index (χ4n) is 3.66. The van der Waals surface area contributed by atoms with Crippen molar-refractivity contribution in [1.29, 1.82) is 0 Å². The van der Waals surface area contributed by atoms with E-state index >= 15 is 0 Å². The third-order valence-corrected chi connectivity index (χ3v) is 5.54. The van der Waals surface area contributed by atoms with Crippen LogP contribution in [0.15, 0.2) is 6.33 Å². The maximum Gasteiger partial charge on any atom is 0.347 e. The number of nitrogens with zero attached hydrogens (tertiary/aromatic N) is 4. The van der Waals surface area contributed by atoms with Gasteiger partial charge in [0, 0.05) is 0 Å². The largest absolute Gasteiger partial charge is 0.463 e. The molecule has 4 heterocycles. The molecule has 0 radical (unpaired) electrons. The second-order valence-electron chi connectivity index (χ2n) is 7.37. The second-order valence-corrected chi connectivity index (χ2v) is 8.39. The summed E-state index contributed by atoms with van der Waals surface area (Å²) in [5, 5.41) is -0.0307. The Balaban J connectivity index is 1.59. The van der Waals surface area contributed by atoms with Crippen LogP contribution in [-0.2, 0) is 33.0 Å². The maximum atomic E-state index is 11.9. The molecular formula is C17H21ClN5O7P. The van der Waals surface area contributed by atoms with Crippen molar-refractivity contribution in [2.75, 3.05) is 18.9 Å². The van der Waals surface area contributed by atoms with E-state index in [0.29, 0.717) is 11.2 Å². The van der Waals surface area contributed by atoms with Gasteiger partial charge in [-0.1, -0.05) is 0 Å². The van der Waals surface area contributed by atoms with Gasteiger partial charge in [-0.2, -0.15) is 9.97 Å². The number of imidazole rings is 1. The lowest BCUT2D eigenvalue weighted by atomic mass is 10.1. The molecule has 0 saturated carbocycles. The number of hydrogen-bond acceptors (Lipinski definition) is 11. The van der Waals surface area contributed by atoms with Crippen molar-refractivity contribution in [3.05, 3.63) is 11.6 Å². The Morgan fingerprint density at radius 2 is 2.13 bits per heavy atom. The van der Waals surface area contributed by atoms with Gasteiger partial charge in [0.25, 0.3) is 0 Å². The quantitative estimate of drug-likeness (QED) is 0.355. The minimum Gasteiger partial charge on any atom is -0.463 e. The summed E-state index contributed by atoms with van der Waals surface area (Å²) >= 11 is 5.97. The highest BCUT2D eigenvalue weighted by molar-refractivity contribution is 7.26. The van der Waals surface area contributed by atoms with Crippen molar-refractivity contribution < 1.29 is 33.0 Å². The van der Waals surface area contributed by atoms with Gasteiger partial charge in [-0.3, -0.25) is 9.13 Å². The molecule has 0 aliphatic carbocycles. The maximum absolute atomic E-state index is 11.9. The van der Waals surface area contributed by atoms with E-state index < -0.39 is 50.6 Å². The first kappa shape index (κ1) is 22.3. The SMILES string of the molecule is CCOC(=O)C(OC[C@H]1O[C@@H](n2cnc3c(N)nc(Cl)nc32)[C@@H]2OC(C)(C)O[C@@H]21)P=O. The molecule has 0 spiro atoms. The van der Waals surface area contributed by atoms with Gasteiger partial charge in [0.1, 0.15) is 23.8 Å². The van der Waals surface area contributed by atoms with Crippen LogP contribution in [0.4, 0.5) is 5.82 Å². The van der Waals surface area contributed by atoms with Crippen LogP contribution in [0.25, 0.3) is 11.2 Å². The van der Waals surface area contributed by atoms with Crippen molar-refractivity contribution >= 4 is 43.0 Å². The van der Waals surface area contributed by atoms with Crippen LogP contribution in [0.1, 0.15) is 27.0 Å². The Morgan fingerprint density at radius 1 is 1.39 bits per heavy atom. The number of rotatable bonds is 7. The molecular weight excluding hydrogens is 453 g/mol. The van der Waals surface area contributed by atoms with E-state index in [4.69, 9.17) is 41.0 Å². The van der Waals surface area contributed by atoms with Gasteiger partial charge >= 0.3 is 5.97 Å². The van der Waals surface area contributed by atoms with Gasteiger partial charge in [-0.25, -0.2) is 9.78 Å². The zero-order chi connectivity index (χ0) is 22.3. The van der Waals surface area contributed by atoms with E-state index in [2.05, 4.69) is 15.0 Å². The van der Waals surface area contributed by atoms with E-state index in [1.165, 1.54) is 6.33 Å². The highest BCUT2D eigenvalue weighted by Gasteiger charge is 2.56. The number of carbonyl (C=O) groups excluding carboxylic acids is 1. The fraction of sp³-hybridized carbons (Fsp3) is 0.647. The summed E-state index contributed by atoms with van der Waals surface area (Å²) in [7, 11) is -0.516. The standard InChI is InChI=1S/C17H21ClN5O7P/c1-4-26-14(24)15(31-25)27-5-7-9-10(30-17(2,3)29-9)13(28-7)23-6-20-8-11(19)21-16(18)22-12(8)23/h6-7,9-10,13,15H,4-5H2,1-3H3,(H2,19,21,22)/t7-,9-,10-,13-,15?/m1/s1. The number of esters is 1. The van der Waals surface area contributed by atoms with E-state index in [1.54, 1.807) is 25.3 Å². The first-order chi connectivity index (χ1) is 14.7. The Morgan fingerprint density at radius 3 is 2.84 bits per heavy atom. The van der Waals surface area contributed by atoms with E-state index in [9.17, 15) is 9.36 Å². The summed E-state index contributed by atoms with van der Waals surface area (Å²) in [6, 6.07) is 0. The zero-order valence-corrected chi connectivity index (χ0v) is 18.6. The van der Waals surface area contributed by atoms with Crippen molar-refractivity contribution in [3.63, 3.8) is 0 Å². The number of aromatic nitrogens is 4. The average molecular weight is 474 g/mol. The lowest BCUT2D eigenvalue weighted by Crippen LogP contribution is -2.35. The molecule has 1 unspecified atom stereocenters. The molecule has 2 aliphatic heterocycles. The lowest BCUT2D eigenvalue weighted by Gasteiger charge is -2.25. The Bertz CT molecular complexity index is 1000. The number of nitrogens with two attached hydrogens (primary N) is 1. The molecule has 2 aromatic rings. The number of ether oxygens (including phenoxy) is 5. The number of fused-ring (bicyclic) bond motifs is 2. The van der Waals surface area contributed by atoms with E-state index in [-0.39, 0.29) is 24.3 Å². The van der Waals surface area contributed by atoms with Crippen molar-refractivity contribution in [2.45, 2.75) is 56.9 Å². The lowest BCUT2D eigenvalue weighted by molar-refractivity contribution is -0.203. The Labute approximate surface area is 183 Å². The Kier molecular flexibility index (Phi) is 6.12. The molecule has 0 bridgehead atoms. The molecule has 2 aliphatic rings. The number of carbonyl (C=O) groups is 1. The van der Waals surface area contributed by atoms with Crippen LogP contribution in [0.2, 0.25) is 5.28 Å². The third kappa shape index (κ3) is 4.23. The predicted molar refractivity (Wildman–Crippen MR) is 106 cm³/mol. The van der Waals surface area contributed by atoms with Gasteiger partial charge in [-0.15, -0.1) is 0 Å². The van der Waals surface area contributed by atoms with E-state index in [1.807, 2.05) is 0 Å². The molecule has 0 amide bonds. The summed E-state index contributed by atoms with van der Waals surface area (Å²) in [4.78, 5) is 24.2. The van der Waals surface area contributed by atoms with Crippen LogP contribution < -0.4 is 5.73 Å². The van der Waals surface area contributed by atoms with Gasteiger partial charge in [0.15, 0.2) is 31.9 Å². The summed E-state index contributed by atoms with van der Waals surface area (Å²) in [5.41, 5.74) is 6.64. The van der Waals surface area contributed by atoms with Gasteiger partial charge < -0.3 is 29.4 Å². The molecule has 2 fully saturated rings. The third-order valence-electron chi connectivity index (χ3n) is 4.82. The van der Waals surface area contributed by atoms with Gasteiger partial charge in [0.05, 0.1) is 19.5 Å². The van der Waals surface area contributed by atoms with Crippen molar-refractivity contribution in [2.24, 2.45) is 0 Å². The normalized spacial score (nSPS) is 28.1. The number of nitrogen functional groups attached to an aromatic ring is 1. The predicted octanol–water partition coefficient (Wildman–Crippen LogP) is 1.68. The first-order valence-corrected chi connectivity index (χ1v) is 10.8.